The number of hydrogen-bond donors (Lipinski definition) is 2. The van der Waals surface area contributed by atoms with Crippen LogP contribution in [0.15, 0.2) is 61.2 Å². The zero-order valence-corrected chi connectivity index (χ0v) is 19.4. The Morgan fingerprint density at radius 1 is 1.18 bits per heavy atom. The molecule has 170 valence electrons. The number of aromatic carboxylic acids is 1. The lowest BCUT2D eigenvalue weighted by Gasteiger charge is -2.33. The molecule has 0 saturated heterocycles. The smallest absolute Gasteiger partial charge is 0.335 e. The third-order valence-electron chi connectivity index (χ3n) is 5.64. The number of imidazole rings is 1. The molecule has 0 bridgehead atoms. The molecule has 0 radical (unpaired) electrons. The monoisotopic (exact) mass is 463 g/mol. The van der Waals surface area contributed by atoms with Gasteiger partial charge < -0.3 is 14.6 Å². The van der Waals surface area contributed by atoms with Crippen LogP contribution in [0.2, 0.25) is 0 Å². The number of amides is 1. The second-order valence-corrected chi connectivity index (χ2v) is 9.01. The molecule has 2 aromatic carbocycles. The highest BCUT2D eigenvalue weighted by Gasteiger charge is 2.25. The molecule has 2 aromatic heterocycles. The number of fused-ring (bicyclic) bond motifs is 1. The van der Waals surface area contributed by atoms with Crippen molar-refractivity contribution < 1.29 is 14.7 Å². The third kappa shape index (κ3) is 4.79. The number of carbonyl (C=O) groups excluding carboxylic acids is 1. The van der Waals surface area contributed by atoms with E-state index in [0.29, 0.717) is 5.13 Å². The zero-order chi connectivity index (χ0) is 23.5. The maximum Gasteiger partial charge on any atom is 0.335 e. The largest absolute Gasteiger partial charge is 0.478 e. The van der Waals surface area contributed by atoms with E-state index in [1.54, 1.807) is 18.3 Å². The molecule has 2 unspecified atom stereocenters. The number of aromatic nitrogens is 3. The lowest BCUT2D eigenvalue weighted by atomic mass is 9.96. The molecule has 0 aliphatic carbocycles. The van der Waals surface area contributed by atoms with E-state index >= 15 is 0 Å². The van der Waals surface area contributed by atoms with E-state index < -0.39 is 11.9 Å². The number of carbonyl (C=O) groups is 2. The average molecular weight is 464 g/mol. The molecule has 4 aromatic rings. The Balaban J connectivity index is 1.63. The van der Waals surface area contributed by atoms with Crippen LogP contribution in [0.5, 0.6) is 0 Å². The van der Waals surface area contributed by atoms with Crippen molar-refractivity contribution >= 4 is 38.6 Å². The Labute approximate surface area is 195 Å². The second kappa shape index (κ2) is 9.51. The molecule has 0 aliphatic rings. The summed E-state index contributed by atoms with van der Waals surface area (Å²) < 4.78 is 3.08. The van der Waals surface area contributed by atoms with E-state index in [-0.39, 0.29) is 23.2 Å². The van der Waals surface area contributed by atoms with Crippen LogP contribution in [-0.2, 0) is 0 Å². The highest BCUT2D eigenvalue weighted by Crippen LogP contribution is 2.33. The Kier molecular flexibility index (Phi) is 6.52. The molecule has 2 heterocycles. The number of likely N-dealkylation sites (N-methyl/N-ethyl adjacent to an activating group) is 1. The highest BCUT2D eigenvalue weighted by atomic mass is 32.1. The topological polar surface area (TPSA) is 100 Å². The van der Waals surface area contributed by atoms with Gasteiger partial charge in [-0.1, -0.05) is 30.4 Å². The first-order valence-corrected chi connectivity index (χ1v) is 11.4. The maximum absolute atomic E-state index is 12.6. The molecule has 0 fully saturated rings. The maximum atomic E-state index is 12.6. The molecule has 33 heavy (non-hydrogen) atoms. The lowest BCUT2D eigenvalue weighted by Crippen LogP contribution is -2.36. The van der Waals surface area contributed by atoms with Crippen LogP contribution in [0.4, 0.5) is 5.13 Å². The first-order valence-electron chi connectivity index (χ1n) is 10.6. The number of nitrogens with one attached hydrogen (secondary N) is 1. The number of carboxylic acids is 1. The molecule has 4 rings (SSSR count). The number of anilines is 1. The molecule has 2 atom stereocenters. The number of benzene rings is 2. The van der Waals surface area contributed by atoms with Crippen LogP contribution < -0.4 is 5.32 Å². The average Bonchev–Trinajstić information content (AvgIpc) is 3.46. The van der Waals surface area contributed by atoms with Crippen molar-refractivity contribution in [1.82, 2.24) is 19.4 Å². The summed E-state index contributed by atoms with van der Waals surface area (Å²) in [5.41, 5.74) is 2.26. The van der Waals surface area contributed by atoms with E-state index in [4.69, 9.17) is 5.11 Å². The van der Waals surface area contributed by atoms with Gasteiger partial charge in [-0.15, -0.1) is 0 Å². The fourth-order valence-corrected chi connectivity index (χ4v) is 4.95. The van der Waals surface area contributed by atoms with Crippen molar-refractivity contribution in [2.45, 2.75) is 25.4 Å². The molecule has 8 nitrogen and oxygen atoms in total. The summed E-state index contributed by atoms with van der Waals surface area (Å²) in [6.45, 7) is 2.17. The summed E-state index contributed by atoms with van der Waals surface area (Å²) in [6, 6.07) is 12.4. The van der Waals surface area contributed by atoms with E-state index in [2.05, 4.69) is 57.9 Å². The van der Waals surface area contributed by atoms with E-state index in [9.17, 15) is 9.59 Å². The summed E-state index contributed by atoms with van der Waals surface area (Å²) in [4.78, 5) is 34.8. The van der Waals surface area contributed by atoms with Gasteiger partial charge in [-0.05, 0) is 56.4 Å². The number of nitrogens with zero attached hydrogens (tertiary/aromatic N) is 4. The van der Waals surface area contributed by atoms with Crippen LogP contribution >= 0.6 is 11.3 Å². The lowest BCUT2D eigenvalue weighted by molar-refractivity contribution is 0.0697. The standard InChI is InChI=1S/C24H25N5O3S/c1-4-19(28(2)3)21(29-11-10-25-14-29)15-8-9-18-20(13-15)33-24(26-18)27-22(30)16-6-5-7-17(12-16)23(31)32/h5-14,19,21H,4H2,1-3H3,(H,31,32)(H,26,27,30). The SMILES string of the molecule is CCC(C(c1ccc2nc(NC(=O)c3cccc(C(=O)O)c3)sc2c1)n1ccnc1)N(C)C. The van der Waals surface area contributed by atoms with Crippen LogP contribution in [0, 0.1) is 0 Å². The zero-order valence-electron chi connectivity index (χ0n) is 18.6. The minimum atomic E-state index is -1.08. The summed E-state index contributed by atoms with van der Waals surface area (Å²) in [5, 5.41) is 12.4. The predicted molar refractivity (Wildman–Crippen MR) is 129 cm³/mol. The summed E-state index contributed by atoms with van der Waals surface area (Å²) in [5.74, 6) is -1.47. The van der Waals surface area contributed by atoms with Gasteiger partial charge in [0.15, 0.2) is 5.13 Å². The van der Waals surface area contributed by atoms with Gasteiger partial charge in [0.2, 0.25) is 0 Å². The highest BCUT2D eigenvalue weighted by molar-refractivity contribution is 7.22. The van der Waals surface area contributed by atoms with E-state index in [0.717, 1.165) is 22.2 Å². The summed E-state index contributed by atoms with van der Waals surface area (Å²) in [6.07, 6.45) is 6.57. The molecular formula is C24H25N5O3S. The van der Waals surface area contributed by atoms with Gasteiger partial charge in [0.1, 0.15) is 0 Å². The molecule has 0 aliphatic heterocycles. The van der Waals surface area contributed by atoms with Crippen LogP contribution in [-0.4, -0.2) is 56.6 Å². The number of rotatable bonds is 8. The quantitative estimate of drug-likeness (QED) is 0.402. The van der Waals surface area contributed by atoms with Gasteiger partial charge in [0.25, 0.3) is 5.91 Å². The minimum absolute atomic E-state index is 0.0634. The first-order chi connectivity index (χ1) is 15.9. The number of carboxylic acid groups (broad SMARTS) is 1. The van der Waals surface area contributed by atoms with Crippen molar-refractivity contribution in [3.63, 3.8) is 0 Å². The fraction of sp³-hybridized carbons (Fsp3) is 0.250. The van der Waals surface area contributed by atoms with Crippen LogP contribution in [0.3, 0.4) is 0 Å². The van der Waals surface area contributed by atoms with Crippen molar-refractivity contribution in [3.05, 3.63) is 77.9 Å². The van der Waals surface area contributed by atoms with E-state index in [1.165, 1.54) is 23.5 Å². The van der Waals surface area contributed by atoms with Gasteiger partial charge in [-0.25, -0.2) is 14.8 Å². The fourth-order valence-electron chi connectivity index (χ4n) is 4.04. The second-order valence-electron chi connectivity index (χ2n) is 7.98. The van der Waals surface area contributed by atoms with Crippen molar-refractivity contribution in [3.8, 4) is 0 Å². The Bertz CT molecular complexity index is 1280. The normalized spacial score (nSPS) is 13.2. The van der Waals surface area contributed by atoms with Gasteiger partial charge in [-0.3, -0.25) is 10.1 Å². The van der Waals surface area contributed by atoms with Gasteiger partial charge >= 0.3 is 5.97 Å². The van der Waals surface area contributed by atoms with Crippen LogP contribution in [0.1, 0.15) is 45.7 Å². The Hall–Kier alpha value is -3.56. The minimum Gasteiger partial charge on any atom is -0.478 e. The molecule has 0 spiro atoms. The van der Waals surface area contributed by atoms with E-state index in [1.807, 2.05) is 18.6 Å². The Morgan fingerprint density at radius 2 is 1.97 bits per heavy atom. The van der Waals surface area contributed by atoms with Gasteiger partial charge in [0, 0.05) is 24.0 Å². The molecule has 9 heteroatoms. The van der Waals surface area contributed by atoms with Crippen molar-refractivity contribution in [2.75, 3.05) is 19.4 Å². The molecule has 1 amide bonds. The van der Waals surface area contributed by atoms with Gasteiger partial charge in [0.05, 0.1) is 28.1 Å². The molecule has 0 saturated carbocycles. The van der Waals surface area contributed by atoms with Crippen molar-refractivity contribution in [1.29, 1.82) is 0 Å². The molecular weight excluding hydrogens is 438 g/mol. The first kappa shape index (κ1) is 22.6. The number of hydrogen-bond acceptors (Lipinski definition) is 6. The van der Waals surface area contributed by atoms with Crippen molar-refractivity contribution in [2.24, 2.45) is 0 Å². The third-order valence-corrected chi connectivity index (χ3v) is 6.57. The summed E-state index contributed by atoms with van der Waals surface area (Å²) >= 11 is 1.39. The number of thiazole rings is 1. The summed E-state index contributed by atoms with van der Waals surface area (Å²) in [7, 11) is 4.16. The van der Waals surface area contributed by atoms with Gasteiger partial charge in [-0.2, -0.15) is 0 Å². The Morgan fingerprint density at radius 3 is 2.64 bits per heavy atom. The molecule has 2 N–H and O–H groups in total. The predicted octanol–water partition coefficient (Wildman–Crippen LogP) is 4.37. The van der Waals surface area contributed by atoms with Crippen LogP contribution in [0.25, 0.3) is 10.2 Å².